The van der Waals surface area contributed by atoms with E-state index in [4.69, 9.17) is 14.1 Å². The number of likely N-dealkylation sites (tertiary alicyclic amines) is 1. The van der Waals surface area contributed by atoms with Crippen molar-refractivity contribution in [3.8, 4) is 0 Å². The molecule has 3 heterocycles. The Morgan fingerprint density at radius 3 is 2.65 bits per heavy atom. The zero-order chi connectivity index (χ0) is 30.6. The van der Waals surface area contributed by atoms with Crippen LogP contribution in [0, 0.1) is 5.92 Å². The SMILES string of the molecule is CC(C)(C)OC(=O)N1CCC2(CC1)C[C@H](Nc1ncnc3c1nnn3C1CC(O)C(COS(N)(=O)=O)C1)c1ccccc12. The Kier molecular flexibility index (Phi) is 7.55. The van der Waals surface area contributed by atoms with Gasteiger partial charge in [0.1, 0.15) is 11.9 Å². The summed E-state index contributed by atoms with van der Waals surface area (Å²) in [7, 11) is -4.10. The van der Waals surface area contributed by atoms with Gasteiger partial charge < -0.3 is 20.1 Å². The minimum Gasteiger partial charge on any atom is -0.444 e. The van der Waals surface area contributed by atoms with Gasteiger partial charge in [-0.05, 0) is 64.0 Å². The van der Waals surface area contributed by atoms with Gasteiger partial charge in [0, 0.05) is 24.4 Å². The average molecular weight is 615 g/mol. The molecule has 1 aliphatic heterocycles. The van der Waals surface area contributed by atoms with Gasteiger partial charge in [0.2, 0.25) is 0 Å². The molecule has 15 heteroatoms. The lowest BCUT2D eigenvalue weighted by Gasteiger charge is -2.40. The van der Waals surface area contributed by atoms with Gasteiger partial charge in [-0.2, -0.15) is 8.42 Å². The van der Waals surface area contributed by atoms with Crippen LogP contribution in [0.2, 0.25) is 0 Å². The van der Waals surface area contributed by atoms with E-state index in [0.29, 0.717) is 42.9 Å². The number of rotatable bonds is 6. The van der Waals surface area contributed by atoms with Crippen LogP contribution >= 0.6 is 0 Å². The highest BCUT2D eigenvalue weighted by molar-refractivity contribution is 7.84. The lowest BCUT2D eigenvalue weighted by Crippen LogP contribution is -2.46. The molecule has 3 unspecified atom stereocenters. The number of piperidine rings is 1. The number of hydrogen-bond acceptors (Lipinski definition) is 11. The largest absolute Gasteiger partial charge is 0.444 e. The molecule has 3 aromatic rings. The first kappa shape index (κ1) is 29.7. The molecule has 2 fully saturated rings. The smallest absolute Gasteiger partial charge is 0.410 e. The van der Waals surface area contributed by atoms with Crippen LogP contribution in [0.3, 0.4) is 0 Å². The minimum atomic E-state index is -4.10. The van der Waals surface area contributed by atoms with Gasteiger partial charge in [0.15, 0.2) is 17.0 Å². The van der Waals surface area contributed by atoms with Crippen LogP contribution in [-0.2, 0) is 24.6 Å². The second-order valence-corrected chi connectivity index (χ2v) is 14.1. The van der Waals surface area contributed by atoms with Crippen molar-refractivity contribution in [1.82, 2.24) is 29.9 Å². The fourth-order valence-electron chi connectivity index (χ4n) is 6.86. The molecule has 14 nitrogen and oxygen atoms in total. The molecule has 1 aromatic carbocycles. The van der Waals surface area contributed by atoms with E-state index in [1.54, 1.807) is 9.58 Å². The first-order valence-electron chi connectivity index (χ1n) is 14.6. The average Bonchev–Trinajstić information content (AvgIpc) is 3.61. The predicted octanol–water partition coefficient (Wildman–Crippen LogP) is 2.58. The summed E-state index contributed by atoms with van der Waals surface area (Å²) in [4.78, 5) is 23.5. The van der Waals surface area contributed by atoms with Crippen molar-refractivity contribution in [1.29, 1.82) is 0 Å². The molecule has 4 atom stereocenters. The van der Waals surface area contributed by atoms with Crippen LogP contribution in [0.4, 0.5) is 10.6 Å². The van der Waals surface area contributed by atoms with Crippen molar-refractivity contribution in [2.45, 2.75) is 82.1 Å². The van der Waals surface area contributed by atoms with Crippen LogP contribution < -0.4 is 10.5 Å². The second kappa shape index (κ2) is 10.9. The van der Waals surface area contributed by atoms with Crippen molar-refractivity contribution in [3.63, 3.8) is 0 Å². The molecular formula is C28H38N8O6S. The number of nitrogens with two attached hydrogens (primary N) is 1. The van der Waals surface area contributed by atoms with Gasteiger partial charge in [-0.3, -0.25) is 4.18 Å². The Morgan fingerprint density at radius 1 is 1.19 bits per heavy atom. The predicted molar refractivity (Wildman–Crippen MR) is 156 cm³/mol. The van der Waals surface area contributed by atoms with E-state index in [9.17, 15) is 18.3 Å². The molecule has 1 spiro atoms. The van der Waals surface area contributed by atoms with Crippen molar-refractivity contribution in [2.75, 3.05) is 25.0 Å². The Bertz CT molecular complexity index is 1610. The third-order valence-corrected chi connectivity index (χ3v) is 9.34. The van der Waals surface area contributed by atoms with E-state index >= 15 is 0 Å². The Morgan fingerprint density at radius 2 is 1.93 bits per heavy atom. The van der Waals surface area contributed by atoms with Crippen molar-refractivity contribution < 1.29 is 27.2 Å². The quantitative estimate of drug-likeness (QED) is 0.370. The van der Waals surface area contributed by atoms with Gasteiger partial charge in [-0.25, -0.2) is 24.6 Å². The molecule has 232 valence electrons. The first-order valence-corrected chi connectivity index (χ1v) is 16.0. The maximum absolute atomic E-state index is 12.7. The van der Waals surface area contributed by atoms with Gasteiger partial charge in [-0.15, -0.1) is 5.10 Å². The zero-order valence-corrected chi connectivity index (χ0v) is 25.3. The van der Waals surface area contributed by atoms with E-state index in [-0.39, 0.29) is 30.2 Å². The summed E-state index contributed by atoms with van der Waals surface area (Å²) < 4.78 is 34.5. The standard InChI is InChI=1S/C28H38N8O6S/c1-27(2,3)42-26(38)35-10-8-28(9-11-35)14-21(19-6-4-5-7-20(19)28)32-24-23-25(31-16-30-24)36(34-33-23)18-12-17(22(37)13-18)15-41-43(29,39)40/h4-7,16-18,21-22,37H,8-15H2,1-3H3,(H2,29,39,40)(H,30,31,32)/t17?,18?,21-,22?/m0/s1. The molecule has 4 N–H and O–H groups in total. The molecule has 1 saturated carbocycles. The van der Waals surface area contributed by atoms with Crippen molar-refractivity contribution in [2.24, 2.45) is 11.1 Å². The molecule has 43 heavy (non-hydrogen) atoms. The molecule has 0 bridgehead atoms. The van der Waals surface area contributed by atoms with Crippen LogP contribution in [-0.4, -0.2) is 80.9 Å². The summed E-state index contributed by atoms with van der Waals surface area (Å²) in [6.07, 6.45) is 3.70. The Labute approximate surface area is 250 Å². The maximum Gasteiger partial charge on any atom is 0.410 e. The van der Waals surface area contributed by atoms with E-state index in [1.165, 1.54) is 17.5 Å². The van der Waals surface area contributed by atoms with Gasteiger partial charge in [0.05, 0.1) is 24.8 Å². The number of amides is 1. The number of aliphatic hydroxyl groups excluding tert-OH is 1. The van der Waals surface area contributed by atoms with Crippen LogP contribution in [0.15, 0.2) is 30.6 Å². The number of fused-ring (bicyclic) bond motifs is 3. The third kappa shape index (κ3) is 6.03. The van der Waals surface area contributed by atoms with Gasteiger partial charge in [0.25, 0.3) is 0 Å². The number of anilines is 1. The third-order valence-electron chi connectivity index (χ3n) is 8.87. The Balaban J connectivity index is 1.19. The van der Waals surface area contributed by atoms with Crippen LogP contribution in [0.5, 0.6) is 0 Å². The number of ether oxygens (including phenoxy) is 1. The van der Waals surface area contributed by atoms with E-state index in [1.807, 2.05) is 26.8 Å². The molecular weight excluding hydrogens is 576 g/mol. The molecule has 3 aliphatic rings. The molecule has 2 aliphatic carbocycles. The highest BCUT2D eigenvalue weighted by atomic mass is 32.2. The number of carbonyl (C=O) groups excluding carboxylic acids is 1. The number of aromatic nitrogens is 5. The van der Waals surface area contributed by atoms with E-state index < -0.39 is 27.9 Å². The Hall–Kier alpha value is -3.40. The van der Waals surface area contributed by atoms with Gasteiger partial charge >= 0.3 is 16.4 Å². The summed E-state index contributed by atoms with van der Waals surface area (Å²) in [6.45, 7) is 6.68. The summed E-state index contributed by atoms with van der Waals surface area (Å²) in [5.41, 5.74) is 2.91. The van der Waals surface area contributed by atoms with E-state index in [0.717, 1.165) is 19.3 Å². The second-order valence-electron chi connectivity index (χ2n) is 12.9. The highest BCUT2D eigenvalue weighted by Gasteiger charge is 2.46. The van der Waals surface area contributed by atoms with Crippen LogP contribution in [0.1, 0.15) is 76.1 Å². The molecule has 1 amide bonds. The lowest BCUT2D eigenvalue weighted by molar-refractivity contribution is 0.0162. The van der Waals surface area contributed by atoms with Gasteiger partial charge in [-0.1, -0.05) is 29.5 Å². The number of nitrogens with one attached hydrogen (secondary N) is 1. The zero-order valence-electron chi connectivity index (χ0n) is 24.5. The number of nitrogens with zero attached hydrogens (tertiary/aromatic N) is 6. The molecule has 0 radical (unpaired) electrons. The summed E-state index contributed by atoms with van der Waals surface area (Å²) in [5.74, 6) is 0.141. The summed E-state index contributed by atoms with van der Waals surface area (Å²) >= 11 is 0. The van der Waals surface area contributed by atoms with Crippen molar-refractivity contribution >= 4 is 33.4 Å². The highest BCUT2D eigenvalue weighted by Crippen LogP contribution is 2.52. The summed E-state index contributed by atoms with van der Waals surface area (Å²) in [5, 5.41) is 27.8. The van der Waals surface area contributed by atoms with Crippen molar-refractivity contribution in [3.05, 3.63) is 41.7 Å². The number of benzene rings is 1. The lowest BCUT2D eigenvalue weighted by atomic mass is 9.73. The maximum atomic E-state index is 12.7. The summed E-state index contributed by atoms with van der Waals surface area (Å²) in [6, 6.07) is 8.15. The number of aliphatic hydroxyl groups is 1. The fourth-order valence-corrected chi connectivity index (χ4v) is 7.22. The number of carbonyl (C=O) groups is 1. The number of hydrogen-bond donors (Lipinski definition) is 3. The molecule has 2 aromatic heterocycles. The minimum absolute atomic E-state index is 0.0272. The first-order chi connectivity index (χ1) is 20.3. The monoisotopic (exact) mass is 614 g/mol. The normalized spacial score (nSPS) is 25.3. The molecule has 6 rings (SSSR count). The van der Waals surface area contributed by atoms with Crippen LogP contribution in [0.25, 0.3) is 11.2 Å². The fraction of sp³-hybridized carbons (Fsp3) is 0.607. The molecule has 1 saturated heterocycles. The topological polar surface area (TPSA) is 188 Å². The van der Waals surface area contributed by atoms with E-state index in [2.05, 4.69) is 43.8 Å².